The first-order valence-electron chi connectivity index (χ1n) is 8.85. The van der Waals surface area contributed by atoms with Gasteiger partial charge in [-0.2, -0.15) is 0 Å². The molecule has 1 rings (SSSR count). The van der Waals surface area contributed by atoms with E-state index in [2.05, 4.69) is 29.5 Å². The smallest absolute Gasteiger partial charge is 0.191 e. The first kappa shape index (κ1) is 21.2. The van der Waals surface area contributed by atoms with E-state index < -0.39 is 0 Å². The minimum atomic E-state index is -0.368. The predicted molar refractivity (Wildman–Crippen MR) is 101 cm³/mol. The van der Waals surface area contributed by atoms with Crippen molar-refractivity contribution in [3.8, 4) is 5.75 Å². The molecule has 6 heteroatoms. The van der Waals surface area contributed by atoms with Gasteiger partial charge >= 0.3 is 0 Å². The first-order chi connectivity index (χ1) is 11.9. The average Bonchev–Trinajstić information content (AvgIpc) is 2.59. The zero-order valence-electron chi connectivity index (χ0n) is 16.2. The van der Waals surface area contributed by atoms with Crippen LogP contribution in [-0.2, 0) is 4.74 Å². The molecule has 25 heavy (non-hydrogen) atoms. The van der Waals surface area contributed by atoms with Crippen LogP contribution in [0.3, 0.4) is 0 Å². The second kappa shape index (κ2) is 10.9. The van der Waals surface area contributed by atoms with Crippen LogP contribution >= 0.6 is 0 Å². The van der Waals surface area contributed by atoms with E-state index >= 15 is 0 Å². The van der Waals surface area contributed by atoms with Crippen molar-refractivity contribution in [1.82, 2.24) is 10.6 Å². The zero-order valence-corrected chi connectivity index (χ0v) is 16.2. The van der Waals surface area contributed by atoms with E-state index in [0.717, 1.165) is 25.1 Å². The van der Waals surface area contributed by atoms with Crippen LogP contribution in [0.25, 0.3) is 0 Å². The molecular formula is C19H32FN3O2. The van der Waals surface area contributed by atoms with Crippen LogP contribution in [-0.4, -0.2) is 39.4 Å². The predicted octanol–water partition coefficient (Wildman–Crippen LogP) is 3.51. The van der Waals surface area contributed by atoms with E-state index in [-0.39, 0.29) is 23.7 Å². The quantitative estimate of drug-likeness (QED) is 0.527. The average molecular weight is 353 g/mol. The van der Waals surface area contributed by atoms with Crippen LogP contribution < -0.4 is 15.4 Å². The van der Waals surface area contributed by atoms with Crippen molar-refractivity contribution < 1.29 is 13.9 Å². The van der Waals surface area contributed by atoms with Crippen molar-refractivity contribution in [1.29, 1.82) is 0 Å². The van der Waals surface area contributed by atoms with Crippen LogP contribution in [0.4, 0.5) is 4.39 Å². The second-order valence-electron chi connectivity index (χ2n) is 6.29. The molecule has 0 bridgehead atoms. The van der Waals surface area contributed by atoms with Crippen LogP contribution in [0.15, 0.2) is 23.2 Å². The number of ether oxygens (including phenoxy) is 2. The van der Waals surface area contributed by atoms with Crippen molar-refractivity contribution in [2.75, 3.05) is 27.3 Å². The van der Waals surface area contributed by atoms with E-state index in [1.165, 1.54) is 13.2 Å². The van der Waals surface area contributed by atoms with Crippen LogP contribution in [0.2, 0.25) is 0 Å². The number of halogens is 1. The monoisotopic (exact) mass is 353 g/mol. The van der Waals surface area contributed by atoms with E-state index in [1.807, 2.05) is 19.9 Å². The molecule has 0 radical (unpaired) electrons. The highest BCUT2D eigenvalue weighted by atomic mass is 19.1. The Labute approximate surface area is 151 Å². The van der Waals surface area contributed by atoms with Crippen molar-refractivity contribution in [3.63, 3.8) is 0 Å². The van der Waals surface area contributed by atoms with Gasteiger partial charge in [0.15, 0.2) is 17.5 Å². The molecule has 0 spiro atoms. The Morgan fingerprint density at radius 2 is 2.00 bits per heavy atom. The molecule has 0 aliphatic heterocycles. The normalized spacial score (nSPS) is 14.3. The Morgan fingerprint density at radius 1 is 1.28 bits per heavy atom. The van der Waals surface area contributed by atoms with Gasteiger partial charge < -0.3 is 20.1 Å². The lowest BCUT2D eigenvalue weighted by Gasteiger charge is -2.23. The summed E-state index contributed by atoms with van der Waals surface area (Å²) in [4.78, 5) is 4.23. The van der Waals surface area contributed by atoms with Gasteiger partial charge in [-0.3, -0.25) is 4.99 Å². The number of hydrogen-bond donors (Lipinski definition) is 2. The maximum atomic E-state index is 13.9. The summed E-state index contributed by atoms with van der Waals surface area (Å²) < 4.78 is 24.6. The zero-order chi connectivity index (χ0) is 18.8. The summed E-state index contributed by atoms with van der Waals surface area (Å²) in [6.07, 6.45) is 1.13. The van der Waals surface area contributed by atoms with E-state index in [4.69, 9.17) is 9.47 Å². The van der Waals surface area contributed by atoms with Gasteiger partial charge in [0.2, 0.25) is 0 Å². The highest BCUT2D eigenvalue weighted by molar-refractivity contribution is 5.80. The molecule has 0 aliphatic rings. The molecule has 142 valence electrons. The molecule has 0 saturated carbocycles. The fraction of sp³-hybridized carbons (Fsp3) is 0.632. The SMILES string of the molecule is CCOC(CCNC(=NC)NC(C)c1ccc(OC)c(F)c1)C(C)C. The minimum Gasteiger partial charge on any atom is -0.494 e. The van der Waals surface area contributed by atoms with Crippen LogP contribution in [0.5, 0.6) is 5.75 Å². The number of rotatable bonds is 9. The molecule has 1 aromatic rings. The molecular weight excluding hydrogens is 321 g/mol. The van der Waals surface area contributed by atoms with Gasteiger partial charge in [0.25, 0.3) is 0 Å². The number of benzene rings is 1. The van der Waals surface area contributed by atoms with Gasteiger partial charge in [0, 0.05) is 20.2 Å². The maximum Gasteiger partial charge on any atom is 0.191 e. The summed E-state index contributed by atoms with van der Waals surface area (Å²) in [6, 6.07) is 4.87. The Bertz CT molecular complexity index is 549. The molecule has 0 heterocycles. The standard InChI is InChI=1S/C19H32FN3O2/c1-7-25-17(13(2)3)10-11-22-19(21-5)23-14(4)15-8-9-18(24-6)16(20)12-15/h8-9,12-14,17H,7,10-11H2,1-6H3,(H2,21,22,23). The number of methoxy groups -OCH3 is 1. The Balaban J connectivity index is 2.56. The number of nitrogens with zero attached hydrogens (tertiary/aromatic N) is 1. The van der Waals surface area contributed by atoms with Crippen LogP contribution in [0.1, 0.15) is 45.7 Å². The lowest BCUT2D eigenvalue weighted by molar-refractivity contribution is 0.0258. The molecule has 5 nitrogen and oxygen atoms in total. The first-order valence-corrected chi connectivity index (χ1v) is 8.85. The van der Waals surface area contributed by atoms with E-state index in [0.29, 0.717) is 11.9 Å². The summed E-state index contributed by atoms with van der Waals surface area (Å²) in [5, 5.41) is 6.56. The highest BCUT2D eigenvalue weighted by Crippen LogP contribution is 2.21. The van der Waals surface area contributed by atoms with Gasteiger partial charge in [-0.25, -0.2) is 4.39 Å². The Kier molecular flexibility index (Phi) is 9.27. The van der Waals surface area contributed by atoms with Crippen molar-refractivity contribution in [3.05, 3.63) is 29.6 Å². The molecule has 2 unspecified atom stereocenters. The molecule has 2 atom stereocenters. The Morgan fingerprint density at radius 3 is 2.52 bits per heavy atom. The second-order valence-corrected chi connectivity index (χ2v) is 6.29. The maximum absolute atomic E-state index is 13.9. The molecule has 0 amide bonds. The summed E-state index contributed by atoms with van der Waals surface area (Å²) in [6.45, 7) is 9.77. The fourth-order valence-electron chi connectivity index (χ4n) is 2.59. The summed E-state index contributed by atoms with van der Waals surface area (Å²) in [5.41, 5.74) is 0.829. The lowest BCUT2D eigenvalue weighted by Crippen LogP contribution is -2.40. The topological polar surface area (TPSA) is 54.9 Å². The van der Waals surface area contributed by atoms with E-state index in [1.54, 1.807) is 13.1 Å². The van der Waals surface area contributed by atoms with Gasteiger partial charge in [-0.05, 0) is 43.9 Å². The molecule has 0 aromatic heterocycles. The van der Waals surface area contributed by atoms with E-state index in [9.17, 15) is 4.39 Å². The third-order valence-corrected chi connectivity index (χ3v) is 4.10. The highest BCUT2D eigenvalue weighted by Gasteiger charge is 2.14. The Hall–Kier alpha value is -1.82. The summed E-state index contributed by atoms with van der Waals surface area (Å²) >= 11 is 0. The van der Waals surface area contributed by atoms with Gasteiger partial charge in [-0.15, -0.1) is 0 Å². The molecule has 0 fully saturated rings. The van der Waals surface area contributed by atoms with Gasteiger partial charge in [-0.1, -0.05) is 19.9 Å². The van der Waals surface area contributed by atoms with Crippen molar-refractivity contribution in [2.45, 2.75) is 46.3 Å². The largest absolute Gasteiger partial charge is 0.494 e. The van der Waals surface area contributed by atoms with Crippen LogP contribution in [0, 0.1) is 11.7 Å². The summed E-state index contributed by atoms with van der Waals surface area (Å²) in [5.74, 6) is 1.03. The van der Waals surface area contributed by atoms with Crippen molar-refractivity contribution >= 4 is 5.96 Å². The van der Waals surface area contributed by atoms with Crippen molar-refractivity contribution in [2.24, 2.45) is 10.9 Å². The third-order valence-electron chi connectivity index (χ3n) is 4.10. The molecule has 0 saturated heterocycles. The number of nitrogens with one attached hydrogen (secondary N) is 2. The fourth-order valence-corrected chi connectivity index (χ4v) is 2.59. The molecule has 0 aliphatic carbocycles. The summed E-state index contributed by atoms with van der Waals surface area (Å²) in [7, 11) is 3.18. The molecule has 1 aromatic carbocycles. The van der Waals surface area contributed by atoms with Gasteiger partial charge in [0.1, 0.15) is 0 Å². The number of aliphatic imine (C=N–C) groups is 1. The molecule has 2 N–H and O–H groups in total. The number of guanidine groups is 1. The minimum absolute atomic E-state index is 0.0839. The van der Waals surface area contributed by atoms with Gasteiger partial charge in [0.05, 0.1) is 19.3 Å². The number of hydrogen-bond acceptors (Lipinski definition) is 3. The lowest BCUT2D eigenvalue weighted by atomic mass is 10.0. The third kappa shape index (κ3) is 6.90.